The summed E-state index contributed by atoms with van der Waals surface area (Å²) in [5.41, 5.74) is 0.341. The molecule has 0 spiro atoms. The number of hydrogen-bond acceptors (Lipinski definition) is 7. The molecule has 3 rings (SSSR count). The number of thiazole rings is 1. The van der Waals surface area contributed by atoms with E-state index in [-0.39, 0.29) is 0 Å². The Hall–Kier alpha value is -1.12. The van der Waals surface area contributed by atoms with Crippen LogP contribution in [0.5, 0.6) is 5.75 Å². The zero-order valence-electron chi connectivity index (χ0n) is 11.0. The normalized spacial score (nSPS) is 29.3. The van der Waals surface area contributed by atoms with Crippen LogP contribution in [0, 0.1) is 0 Å². The van der Waals surface area contributed by atoms with E-state index in [0.717, 1.165) is 10.6 Å². The number of aliphatic hydroxyl groups excluding tert-OH is 3. The van der Waals surface area contributed by atoms with Gasteiger partial charge in [0, 0.05) is 22.9 Å². The third-order valence-corrected chi connectivity index (χ3v) is 5.28. The molecule has 0 bridgehead atoms. The highest BCUT2D eigenvalue weighted by Gasteiger charge is 2.38. The Kier molecular flexibility index (Phi) is 4.46. The van der Waals surface area contributed by atoms with Crippen LogP contribution in [0.3, 0.4) is 0 Å². The zero-order chi connectivity index (χ0) is 14.8. The van der Waals surface area contributed by atoms with Gasteiger partial charge in [0.1, 0.15) is 23.0 Å². The van der Waals surface area contributed by atoms with Crippen molar-refractivity contribution in [3.8, 4) is 16.3 Å². The van der Waals surface area contributed by atoms with Crippen LogP contribution in [-0.2, 0) is 0 Å². The molecule has 21 heavy (non-hydrogen) atoms. The monoisotopic (exact) mass is 325 g/mol. The standard InChI is InChI=1S/C14H15NO4S2/c16-10-7-21-14(12(18)11(10)17)19-9-3-1-2-8(6-9)13-15-4-5-20-13/h1-6,10-12,14,16-18H,7H2/t10-,11+,12-,14-/m1/s1. The summed E-state index contributed by atoms with van der Waals surface area (Å²) in [6.07, 6.45) is -1.49. The Labute approximate surface area is 130 Å². The van der Waals surface area contributed by atoms with Gasteiger partial charge in [0.2, 0.25) is 0 Å². The molecule has 112 valence electrons. The summed E-state index contributed by atoms with van der Waals surface area (Å²) >= 11 is 2.82. The second-order valence-corrected chi connectivity index (χ2v) is 6.76. The van der Waals surface area contributed by atoms with Crippen molar-refractivity contribution in [3.63, 3.8) is 0 Å². The van der Waals surface area contributed by atoms with Crippen molar-refractivity contribution in [3.05, 3.63) is 35.8 Å². The lowest BCUT2D eigenvalue weighted by molar-refractivity contribution is -0.0786. The predicted octanol–water partition coefficient (Wildman–Crippen LogP) is 1.34. The average molecular weight is 325 g/mol. The van der Waals surface area contributed by atoms with Crippen molar-refractivity contribution in [2.45, 2.75) is 23.7 Å². The third-order valence-electron chi connectivity index (χ3n) is 3.22. The van der Waals surface area contributed by atoms with Gasteiger partial charge in [0.05, 0.1) is 6.10 Å². The number of hydrogen-bond donors (Lipinski definition) is 3. The van der Waals surface area contributed by atoms with E-state index in [2.05, 4.69) is 4.98 Å². The number of nitrogens with zero attached hydrogens (tertiary/aromatic N) is 1. The predicted molar refractivity (Wildman–Crippen MR) is 82.4 cm³/mol. The third kappa shape index (κ3) is 3.22. The van der Waals surface area contributed by atoms with E-state index in [1.807, 2.05) is 23.6 Å². The fraction of sp³-hybridized carbons (Fsp3) is 0.357. The minimum atomic E-state index is -1.18. The lowest BCUT2D eigenvalue weighted by Gasteiger charge is -2.34. The van der Waals surface area contributed by atoms with E-state index in [9.17, 15) is 15.3 Å². The molecule has 2 aromatic rings. The molecule has 2 heterocycles. The van der Waals surface area contributed by atoms with Gasteiger partial charge in [-0.2, -0.15) is 0 Å². The smallest absolute Gasteiger partial charge is 0.173 e. The maximum Gasteiger partial charge on any atom is 0.173 e. The van der Waals surface area contributed by atoms with Gasteiger partial charge in [-0.3, -0.25) is 0 Å². The van der Waals surface area contributed by atoms with Crippen molar-refractivity contribution in [1.82, 2.24) is 4.98 Å². The molecule has 1 aromatic heterocycles. The lowest BCUT2D eigenvalue weighted by atomic mass is 10.1. The topological polar surface area (TPSA) is 82.8 Å². The van der Waals surface area contributed by atoms with E-state index in [0.29, 0.717) is 11.5 Å². The van der Waals surface area contributed by atoms with Gasteiger partial charge in [-0.15, -0.1) is 23.1 Å². The number of aliphatic hydroxyl groups is 3. The van der Waals surface area contributed by atoms with E-state index in [1.54, 1.807) is 12.3 Å². The summed E-state index contributed by atoms with van der Waals surface area (Å²) in [5, 5.41) is 32.0. The highest BCUT2D eigenvalue weighted by atomic mass is 32.2. The molecule has 0 unspecified atom stereocenters. The van der Waals surface area contributed by atoms with Crippen molar-refractivity contribution in [2.75, 3.05) is 5.75 Å². The highest BCUT2D eigenvalue weighted by molar-refractivity contribution is 7.99. The molecule has 0 saturated carbocycles. The van der Waals surface area contributed by atoms with Crippen LogP contribution in [0.4, 0.5) is 0 Å². The van der Waals surface area contributed by atoms with Crippen LogP contribution < -0.4 is 4.74 Å². The van der Waals surface area contributed by atoms with Gasteiger partial charge < -0.3 is 20.1 Å². The molecule has 3 N–H and O–H groups in total. The molecule has 1 fully saturated rings. The largest absolute Gasteiger partial charge is 0.477 e. The molecular weight excluding hydrogens is 310 g/mol. The summed E-state index contributed by atoms with van der Waals surface area (Å²) in [5.74, 6) is 0.928. The fourth-order valence-corrected chi connectivity index (χ4v) is 3.84. The number of ether oxygens (including phenoxy) is 1. The Morgan fingerprint density at radius 2 is 2.05 bits per heavy atom. The molecular formula is C14H15NO4S2. The summed E-state index contributed by atoms with van der Waals surface area (Å²) in [4.78, 5) is 4.25. The summed E-state index contributed by atoms with van der Waals surface area (Å²) in [6.45, 7) is 0. The highest BCUT2D eigenvalue weighted by Crippen LogP contribution is 2.31. The molecule has 4 atom stereocenters. The molecule has 0 aliphatic carbocycles. The van der Waals surface area contributed by atoms with Gasteiger partial charge in [0.25, 0.3) is 0 Å². The maximum atomic E-state index is 9.96. The maximum absolute atomic E-state index is 9.96. The SMILES string of the molecule is O[C@@H]1[C@@H](O)[C@H](Oc2cccc(-c3nccs3)c2)SC[C@H]1O. The van der Waals surface area contributed by atoms with Crippen LogP contribution in [0.1, 0.15) is 0 Å². The molecule has 1 saturated heterocycles. The number of thioether (sulfide) groups is 1. The van der Waals surface area contributed by atoms with Crippen molar-refractivity contribution < 1.29 is 20.1 Å². The minimum Gasteiger partial charge on any atom is -0.477 e. The number of rotatable bonds is 3. The molecule has 0 amide bonds. The molecule has 7 heteroatoms. The van der Waals surface area contributed by atoms with E-state index in [1.165, 1.54) is 23.1 Å². The van der Waals surface area contributed by atoms with Crippen LogP contribution in [0.15, 0.2) is 35.8 Å². The van der Waals surface area contributed by atoms with Gasteiger partial charge in [-0.1, -0.05) is 12.1 Å². The van der Waals surface area contributed by atoms with Gasteiger partial charge in [-0.05, 0) is 12.1 Å². The first-order valence-corrected chi connectivity index (χ1v) is 8.40. The van der Waals surface area contributed by atoms with E-state index < -0.39 is 23.7 Å². The summed E-state index contributed by atoms with van der Waals surface area (Å²) in [7, 11) is 0. The second-order valence-electron chi connectivity index (χ2n) is 4.73. The van der Waals surface area contributed by atoms with Crippen LogP contribution in [0.25, 0.3) is 10.6 Å². The zero-order valence-corrected chi connectivity index (χ0v) is 12.6. The van der Waals surface area contributed by atoms with Gasteiger partial charge in [0.15, 0.2) is 5.44 Å². The van der Waals surface area contributed by atoms with Crippen LogP contribution in [0.2, 0.25) is 0 Å². The fourth-order valence-electron chi connectivity index (χ4n) is 2.09. The Bertz CT molecular complexity index is 592. The van der Waals surface area contributed by atoms with E-state index in [4.69, 9.17) is 4.74 Å². The van der Waals surface area contributed by atoms with Crippen molar-refractivity contribution in [1.29, 1.82) is 0 Å². The lowest BCUT2D eigenvalue weighted by Crippen LogP contribution is -2.50. The molecule has 0 radical (unpaired) electrons. The van der Waals surface area contributed by atoms with Gasteiger partial charge in [-0.25, -0.2) is 4.98 Å². The Balaban J connectivity index is 1.75. The van der Waals surface area contributed by atoms with Crippen molar-refractivity contribution >= 4 is 23.1 Å². The first kappa shape index (κ1) is 14.8. The number of benzene rings is 1. The Morgan fingerprint density at radius 1 is 1.19 bits per heavy atom. The number of aromatic nitrogens is 1. The molecule has 1 aliphatic rings. The van der Waals surface area contributed by atoms with Crippen LogP contribution in [-0.4, -0.2) is 49.8 Å². The molecule has 1 aromatic carbocycles. The summed E-state index contributed by atoms with van der Waals surface area (Å²) < 4.78 is 5.74. The molecule has 1 aliphatic heterocycles. The quantitative estimate of drug-likeness (QED) is 0.790. The first-order valence-electron chi connectivity index (χ1n) is 6.47. The average Bonchev–Trinajstić information content (AvgIpc) is 3.03. The molecule has 5 nitrogen and oxygen atoms in total. The van der Waals surface area contributed by atoms with Gasteiger partial charge >= 0.3 is 0 Å². The minimum absolute atomic E-state index is 0.328. The summed E-state index contributed by atoms with van der Waals surface area (Å²) in [6, 6.07) is 7.44. The van der Waals surface area contributed by atoms with Crippen molar-refractivity contribution in [2.24, 2.45) is 0 Å². The van der Waals surface area contributed by atoms with E-state index >= 15 is 0 Å². The second kappa shape index (κ2) is 6.33. The Morgan fingerprint density at radius 3 is 2.81 bits per heavy atom. The van der Waals surface area contributed by atoms with Crippen LogP contribution >= 0.6 is 23.1 Å². The first-order chi connectivity index (χ1) is 10.1.